The van der Waals surface area contributed by atoms with Gasteiger partial charge >= 0.3 is 0 Å². The molecular weight excluding hydrogens is 330 g/mol. The standard InChI is InChI=1S/C17H20ClN3OS/c18-16-6-5-15(23-16)12-20-7-9-21(10-8-20)17(22)14-3-1-13(11-19)2-4-14/h1-6H,7-12,19H2. The van der Waals surface area contributed by atoms with E-state index in [-0.39, 0.29) is 5.91 Å². The van der Waals surface area contributed by atoms with Crippen molar-refractivity contribution in [3.63, 3.8) is 0 Å². The highest BCUT2D eigenvalue weighted by atomic mass is 35.5. The summed E-state index contributed by atoms with van der Waals surface area (Å²) in [7, 11) is 0. The smallest absolute Gasteiger partial charge is 0.253 e. The molecule has 23 heavy (non-hydrogen) atoms. The third-order valence-electron chi connectivity index (χ3n) is 4.10. The summed E-state index contributed by atoms with van der Waals surface area (Å²) in [4.78, 5) is 18.1. The van der Waals surface area contributed by atoms with E-state index in [1.807, 2.05) is 35.2 Å². The maximum absolute atomic E-state index is 12.5. The molecule has 1 aromatic carbocycles. The molecule has 0 spiro atoms. The largest absolute Gasteiger partial charge is 0.336 e. The van der Waals surface area contributed by atoms with E-state index in [0.717, 1.165) is 48.2 Å². The number of hydrogen-bond acceptors (Lipinski definition) is 4. The lowest BCUT2D eigenvalue weighted by Crippen LogP contribution is -2.48. The van der Waals surface area contributed by atoms with Crippen molar-refractivity contribution in [3.8, 4) is 0 Å². The predicted molar refractivity (Wildman–Crippen MR) is 94.8 cm³/mol. The summed E-state index contributed by atoms with van der Waals surface area (Å²) < 4.78 is 0.828. The van der Waals surface area contributed by atoms with E-state index in [0.29, 0.717) is 6.54 Å². The molecule has 0 bridgehead atoms. The monoisotopic (exact) mass is 349 g/mol. The molecule has 1 saturated heterocycles. The second-order valence-corrected chi connectivity index (χ2v) is 7.47. The van der Waals surface area contributed by atoms with Gasteiger partial charge < -0.3 is 10.6 Å². The molecule has 2 heterocycles. The number of amides is 1. The Bertz CT molecular complexity index is 663. The van der Waals surface area contributed by atoms with Crippen LogP contribution in [-0.2, 0) is 13.1 Å². The van der Waals surface area contributed by atoms with E-state index in [2.05, 4.69) is 11.0 Å². The molecule has 2 aromatic rings. The van der Waals surface area contributed by atoms with Crippen LogP contribution in [0.2, 0.25) is 4.34 Å². The van der Waals surface area contributed by atoms with Crippen LogP contribution < -0.4 is 5.73 Å². The maximum atomic E-state index is 12.5. The van der Waals surface area contributed by atoms with Crippen molar-refractivity contribution < 1.29 is 4.79 Å². The zero-order valence-corrected chi connectivity index (χ0v) is 14.4. The van der Waals surface area contributed by atoms with Gasteiger partial charge in [0.1, 0.15) is 0 Å². The number of benzene rings is 1. The Morgan fingerprint density at radius 3 is 2.35 bits per heavy atom. The molecule has 1 aliphatic heterocycles. The normalized spacial score (nSPS) is 15.8. The minimum atomic E-state index is 0.104. The van der Waals surface area contributed by atoms with Crippen molar-refractivity contribution in [2.75, 3.05) is 26.2 Å². The SMILES string of the molecule is NCc1ccc(C(=O)N2CCN(Cc3ccc(Cl)s3)CC2)cc1. The number of halogens is 1. The van der Waals surface area contributed by atoms with E-state index in [1.54, 1.807) is 11.3 Å². The molecule has 1 aliphatic rings. The van der Waals surface area contributed by atoms with Crippen LogP contribution in [-0.4, -0.2) is 41.9 Å². The number of hydrogen-bond donors (Lipinski definition) is 1. The molecule has 0 radical (unpaired) electrons. The van der Waals surface area contributed by atoms with Crippen LogP contribution in [0.3, 0.4) is 0 Å². The highest BCUT2D eigenvalue weighted by molar-refractivity contribution is 7.16. The first kappa shape index (κ1) is 16.5. The van der Waals surface area contributed by atoms with Gasteiger partial charge in [0.2, 0.25) is 0 Å². The van der Waals surface area contributed by atoms with Crippen LogP contribution in [0, 0.1) is 0 Å². The van der Waals surface area contributed by atoms with Crippen LogP contribution in [0.4, 0.5) is 0 Å². The average molecular weight is 350 g/mol. The number of carbonyl (C=O) groups excluding carboxylic acids is 1. The summed E-state index contributed by atoms with van der Waals surface area (Å²) in [5.74, 6) is 0.104. The van der Waals surface area contributed by atoms with E-state index in [4.69, 9.17) is 17.3 Å². The summed E-state index contributed by atoms with van der Waals surface area (Å²) in [6, 6.07) is 11.6. The Morgan fingerprint density at radius 2 is 1.78 bits per heavy atom. The predicted octanol–water partition coefficient (Wildman–Crippen LogP) is 2.82. The minimum absolute atomic E-state index is 0.104. The lowest BCUT2D eigenvalue weighted by atomic mass is 10.1. The van der Waals surface area contributed by atoms with Gasteiger partial charge in [0.15, 0.2) is 0 Å². The zero-order chi connectivity index (χ0) is 16.2. The van der Waals surface area contributed by atoms with Gasteiger partial charge in [-0.05, 0) is 29.8 Å². The molecule has 0 saturated carbocycles. The summed E-state index contributed by atoms with van der Waals surface area (Å²) in [5.41, 5.74) is 7.37. The quantitative estimate of drug-likeness (QED) is 0.923. The van der Waals surface area contributed by atoms with Crippen molar-refractivity contribution in [2.45, 2.75) is 13.1 Å². The van der Waals surface area contributed by atoms with Crippen molar-refractivity contribution in [1.29, 1.82) is 0 Å². The maximum Gasteiger partial charge on any atom is 0.253 e. The highest BCUT2D eigenvalue weighted by Crippen LogP contribution is 2.23. The second kappa shape index (κ2) is 7.45. The molecule has 122 valence electrons. The van der Waals surface area contributed by atoms with Gasteiger partial charge in [-0.2, -0.15) is 0 Å². The van der Waals surface area contributed by atoms with Crippen molar-refractivity contribution in [1.82, 2.24) is 9.80 Å². The third kappa shape index (κ3) is 4.12. The number of thiophene rings is 1. The third-order valence-corrected chi connectivity index (χ3v) is 5.32. The lowest BCUT2D eigenvalue weighted by Gasteiger charge is -2.34. The molecule has 1 fully saturated rings. The van der Waals surface area contributed by atoms with Gasteiger partial charge in [0.25, 0.3) is 5.91 Å². The topological polar surface area (TPSA) is 49.6 Å². The van der Waals surface area contributed by atoms with Crippen LogP contribution in [0.25, 0.3) is 0 Å². The first-order valence-electron chi connectivity index (χ1n) is 7.70. The average Bonchev–Trinajstić information content (AvgIpc) is 3.00. The summed E-state index contributed by atoms with van der Waals surface area (Å²) >= 11 is 7.59. The Morgan fingerprint density at radius 1 is 1.09 bits per heavy atom. The highest BCUT2D eigenvalue weighted by Gasteiger charge is 2.22. The van der Waals surface area contributed by atoms with Gasteiger partial charge in [-0.3, -0.25) is 9.69 Å². The molecular formula is C17H20ClN3OS. The summed E-state index contributed by atoms with van der Waals surface area (Å²) in [5, 5.41) is 0. The molecule has 4 nitrogen and oxygen atoms in total. The molecule has 6 heteroatoms. The molecule has 0 atom stereocenters. The fraction of sp³-hybridized carbons (Fsp3) is 0.353. The van der Waals surface area contributed by atoms with E-state index >= 15 is 0 Å². The molecule has 2 N–H and O–H groups in total. The van der Waals surface area contributed by atoms with Crippen molar-refractivity contribution >= 4 is 28.8 Å². The van der Waals surface area contributed by atoms with Crippen molar-refractivity contribution in [2.24, 2.45) is 5.73 Å². The Hall–Kier alpha value is -1.40. The van der Waals surface area contributed by atoms with Crippen LogP contribution >= 0.6 is 22.9 Å². The fourth-order valence-electron chi connectivity index (χ4n) is 2.73. The lowest BCUT2D eigenvalue weighted by molar-refractivity contribution is 0.0629. The van der Waals surface area contributed by atoms with Crippen LogP contribution in [0.5, 0.6) is 0 Å². The van der Waals surface area contributed by atoms with Crippen LogP contribution in [0.15, 0.2) is 36.4 Å². The number of carbonyl (C=O) groups is 1. The summed E-state index contributed by atoms with van der Waals surface area (Å²) in [6.45, 7) is 4.71. The van der Waals surface area contributed by atoms with E-state index in [9.17, 15) is 4.79 Å². The number of rotatable bonds is 4. The molecule has 1 amide bonds. The van der Waals surface area contributed by atoms with Gasteiger partial charge in [0, 0.05) is 49.7 Å². The molecule has 0 aliphatic carbocycles. The van der Waals surface area contributed by atoms with Gasteiger partial charge in [-0.1, -0.05) is 23.7 Å². The Kier molecular flexibility index (Phi) is 5.33. The first-order valence-corrected chi connectivity index (χ1v) is 8.90. The second-order valence-electron chi connectivity index (χ2n) is 5.68. The van der Waals surface area contributed by atoms with Gasteiger partial charge in [0.05, 0.1) is 4.34 Å². The first-order chi connectivity index (χ1) is 11.2. The summed E-state index contributed by atoms with van der Waals surface area (Å²) in [6.07, 6.45) is 0. The Labute approximate surface area is 145 Å². The zero-order valence-electron chi connectivity index (χ0n) is 12.9. The number of nitrogens with two attached hydrogens (primary N) is 1. The number of piperazine rings is 1. The van der Waals surface area contributed by atoms with Gasteiger partial charge in [-0.25, -0.2) is 0 Å². The van der Waals surface area contributed by atoms with Gasteiger partial charge in [-0.15, -0.1) is 11.3 Å². The van der Waals surface area contributed by atoms with Crippen LogP contribution in [0.1, 0.15) is 20.8 Å². The molecule has 3 rings (SSSR count). The minimum Gasteiger partial charge on any atom is -0.336 e. The molecule has 1 aromatic heterocycles. The fourth-order valence-corrected chi connectivity index (χ4v) is 3.86. The van der Waals surface area contributed by atoms with E-state index < -0.39 is 0 Å². The molecule has 0 unspecified atom stereocenters. The van der Waals surface area contributed by atoms with E-state index in [1.165, 1.54) is 4.88 Å². The number of nitrogens with zero attached hydrogens (tertiary/aromatic N) is 2. The Balaban J connectivity index is 1.54. The van der Waals surface area contributed by atoms with Crippen molar-refractivity contribution in [3.05, 3.63) is 56.7 Å².